The third kappa shape index (κ3) is 7.07. The highest BCUT2D eigenvalue weighted by molar-refractivity contribution is 5.97. The summed E-state index contributed by atoms with van der Waals surface area (Å²) < 4.78 is 11.7. The lowest BCUT2D eigenvalue weighted by Crippen LogP contribution is -2.44. The summed E-state index contributed by atoms with van der Waals surface area (Å²) in [5.41, 5.74) is 0.971. The summed E-state index contributed by atoms with van der Waals surface area (Å²) in [5.74, 6) is 1.62. The van der Waals surface area contributed by atoms with Crippen molar-refractivity contribution >= 4 is 11.6 Å². The fourth-order valence-corrected chi connectivity index (χ4v) is 2.73. The Morgan fingerprint density at radius 2 is 1.88 bits per heavy atom. The Kier molecular flexibility index (Phi) is 8.43. The lowest BCUT2D eigenvalue weighted by molar-refractivity contribution is -0.141. The van der Waals surface area contributed by atoms with E-state index in [1.807, 2.05) is 39.0 Å². The highest BCUT2D eigenvalue weighted by Gasteiger charge is 2.35. The molecule has 1 aromatic rings. The van der Waals surface area contributed by atoms with E-state index in [9.17, 15) is 4.79 Å². The first-order chi connectivity index (χ1) is 11.7. The lowest BCUT2D eigenvalue weighted by atomic mass is 9.93. The first-order valence-corrected chi connectivity index (χ1v) is 9.36. The number of benzene rings is 1. The molecule has 0 spiro atoms. The van der Waals surface area contributed by atoms with Crippen LogP contribution in [0.15, 0.2) is 18.2 Å². The number of nitrogens with one attached hydrogen (secondary N) is 1. The van der Waals surface area contributed by atoms with Crippen LogP contribution in [-0.4, -0.2) is 24.7 Å². The van der Waals surface area contributed by atoms with Crippen LogP contribution in [0.1, 0.15) is 59.9 Å². The Hall–Kier alpha value is -1.55. The molecule has 0 radical (unpaired) electrons. The van der Waals surface area contributed by atoms with Crippen molar-refractivity contribution in [1.29, 1.82) is 0 Å². The number of carbonyl (C=O) groups is 1. The van der Waals surface area contributed by atoms with E-state index in [-0.39, 0.29) is 5.91 Å². The van der Waals surface area contributed by atoms with Gasteiger partial charge >= 0.3 is 0 Å². The maximum Gasteiger partial charge on any atom is 0.256 e. The number of hydrogen-bond acceptors (Lipinski definition) is 3. The van der Waals surface area contributed by atoms with E-state index >= 15 is 0 Å². The van der Waals surface area contributed by atoms with Gasteiger partial charge in [-0.1, -0.05) is 34.6 Å². The molecule has 0 aliphatic rings. The van der Waals surface area contributed by atoms with E-state index in [4.69, 9.17) is 9.47 Å². The second-order valence-corrected chi connectivity index (χ2v) is 7.82. The highest BCUT2D eigenvalue weighted by atomic mass is 16.5. The van der Waals surface area contributed by atoms with Crippen molar-refractivity contribution in [2.24, 2.45) is 11.8 Å². The van der Waals surface area contributed by atoms with Crippen LogP contribution in [0.4, 0.5) is 5.69 Å². The summed E-state index contributed by atoms with van der Waals surface area (Å²) in [7, 11) is 0. The first-order valence-electron chi connectivity index (χ1n) is 9.36. The van der Waals surface area contributed by atoms with Crippen LogP contribution in [0.3, 0.4) is 0 Å². The molecule has 0 saturated carbocycles. The molecular weight excluding hydrogens is 314 g/mol. The third-order valence-corrected chi connectivity index (χ3v) is 3.91. The summed E-state index contributed by atoms with van der Waals surface area (Å²) in [6.07, 6.45) is 1.58. The quantitative estimate of drug-likeness (QED) is 0.631. The largest absolute Gasteiger partial charge is 0.493 e. The van der Waals surface area contributed by atoms with Crippen molar-refractivity contribution in [2.75, 3.05) is 18.5 Å². The topological polar surface area (TPSA) is 47.6 Å². The second kappa shape index (κ2) is 9.81. The van der Waals surface area contributed by atoms with Crippen LogP contribution in [0.5, 0.6) is 5.75 Å². The summed E-state index contributed by atoms with van der Waals surface area (Å²) in [6.45, 7) is 15.6. The minimum absolute atomic E-state index is 0.0927. The van der Waals surface area contributed by atoms with Gasteiger partial charge in [0, 0.05) is 12.3 Å². The molecule has 0 aliphatic heterocycles. The fourth-order valence-electron chi connectivity index (χ4n) is 2.73. The maximum atomic E-state index is 12.8. The Balaban J connectivity index is 2.84. The summed E-state index contributed by atoms with van der Waals surface area (Å²) in [5, 5.41) is 3.01. The monoisotopic (exact) mass is 349 g/mol. The number of anilines is 1. The molecule has 0 fully saturated rings. The van der Waals surface area contributed by atoms with Crippen molar-refractivity contribution in [1.82, 2.24) is 0 Å². The predicted molar refractivity (Wildman–Crippen MR) is 104 cm³/mol. The smallest absolute Gasteiger partial charge is 0.256 e. The average molecular weight is 350 g/mol. The van der Waals surface area contributed by atoms with Gasteiger partial charge in [-0.25, -0.2) is 0 Å². The van der Waals surface area contributed by atoms with Gasteiger partial charge in [0.05, 0.1) is 6.61 Å². The molecule has 1 N–H and O–H groups in total. The molecule has 0 aliphatic carbocycles. The van der Waals surface area contributed by atoms with Crippen molar-refractivity contribution in [3.63, 3.8) is 0 Å². The Bertz CT molecular complexity index is 554. The number of carbonyl (C=O) groups excluding carboxylic acids is 1. The van der Waals surface area contributed by atoms with Crippen molar-refractivity contribution in [3.05, 3.63) is 23.8 Å². The van der Waals surface area contributed by atoms with Crippen LogP contribution in [0, 0.1) is 18.8 Å². The number of amides is 1. The van der Waals surface area contributed by atoms with E-state index < -0.39 is 5.60 Å². The average Bonchev–Trinajstić information content (AvgIpc) is 2.51. The molecular formula is C21H35NO3. The van der Waals surface area contributed by atoms with E-state index in [1.54, 1.807) is 0 Å². The number of rotatable bonds is 10. The number of hydrogen-bond donors (Lipinski definition) is 1. The molecule has 0 unspecified atom stereocenters. The van der Waals surface area contributed by atoms with Crippen LogP contribution in [0.2, 0.25) is 0 Å². The molecule has 25 heavy (non-hydrogen) atoms. The van der Waals surface area contributed by atoms with Crippen molar-refractivity contribution < 1.29 is 14.3 Å². The molecule has 142 valence electrons. The Morgan fingerprint density at radius 1 is 1.20 bits per heavy atom. The summed E-state index contributed by atoms with van der Waals surface area (Å²) in [6, 6.07) is 5.75. The Morgan fingerprint density at radius 3 is 2.40 bits per heavy atom. The zero-order chi connectivity index (χ0) is 19.0. The van der Waals surface area contributed by atoms with E-state index in [1.165, 1.54) is 0 Å². The van der Waals surface area contributed by atoms with Crippen molar-refractivity contribution in [2.45, 2.75) is 66.9 Å². The molecule has 1 atom stereocenters. The third-order valence-electron chi connectivity index (χ3n) is 3.91. The van der Waals surface area contributed by atoms with Crippen LogP contribution in [-0.2, 0) is 9.53 Å². The van der Waals surface area contributed by atoms with Gasteiger partial charge in [0.1, 0.15) is 11.4 Å². The minimum Gasteiger partial charge on any atom is -0.493 e. The summed E-state index contributed by atoms with van der Waals surface area (Å²) in [4.78, 5) is 12.8. The Labute approximate surface area is 153 Å². The molecule has 4 nitrogen and oxygen atoms in total. The van der Waals surface area contributed by atoms with Gasteiger partial charge in [-0.15, -0.1) is 0 Å². The van der Waals surface area contributed by atoms with E-state index in [2.05, 4.69) is 33.0 Å². The SMILES string of the molecule is CCCO[C@@](C)(CC(C)C)C(=O)Nc1ccc(OCC(C)C)c(C)c1. The lowest BCUT2D eigenvalue weighted by Gasteiger charge is -2.30. The normalized spacial score (nSPS) is 13.8. The number of ether oxygens (including phenoxy) is 2. The predicted octanol–water partition coefficient (Wildman–Crippen LogP) is 5.20. The van der Waals surface area contributed by atoms with Gasteiger partial charge in [0.2, 0.25) is 0 Å². The maximum absolute atomic E-state index is 12.8. The summed E-state index contributed by atoms with van der Waals surface area (Å²) >= 11 is 0. The van der Waals surface area contributed by atoms with Gasteiger partial charge in [0.25, 0.3) is 5.91 Å². The molecule has 0 saturated heterocycles. The fraction of sp³-hybridized carbons (Fsp3) is 0.667. The second-order valence-electron chi connectivity index (χ2n) is 7.82. The van der Waals surface area contributed by atoms with Gasteiger partial charge in [-0.3, -0.25) is 4.79 Å². The molecule has 0 bridgehead atoms. The van der Waals surface area contributed by atoms with Gasteiger partial charge in [-0.05, 0) is 62.3 Å². The molecule has 4 heteroatoms. The minimum atomic E-state index is -0.815. The van der Waals surface area contributed by atoms with E-state index in [0.717, 1.165) is 23.4 Å². The van der Waals surface area contributed by atoms with Crippen LogP contribution < -0.4 is 10.1 Å². The van der Waals surface area contributed by atoms with Gasteiger partial charge in [-0.2, -0.15) is 0 Å². The number of aryl methyl sites for hydroxylation is 1. The molecule has 0 aromatic heterocycles. The van der Waals surface area contributed by atoms with Gasteiger partial charge < -0.3 is 14.8 Å². The van der Waals surface area contributed by atoms with Crippen LogP contribution >= 0.6 is 0 Å². The highest BCUT2D eigenvalue weighted by Crippen LogP contribution is 2.26. The van der Waals surface area contributed by atoms with Crippen LogP contribution in [0.25, 0.3) is 0 Å². The zero-order valence-corrected chi connectivity index (χ0v) is 16.9. The van der Waals surface area contributed by atoms with Gasteiger partial charge in [0.15, 0.2) is 0 Å². The molecule has 0 heterocycles. The molecule has 1 amide bonds. The molecule has 1 aromatic carbocycles. The first kappa shape index (κ1) is 21.5. The zero-order valence-electron chi connectivity index (χ0n) is 16.9. The van der Waals surface area contributed by atoms with E-state index in [0.29, 0.717) is 31.5 Å². The molecule has 1 rings (SSSR count). The van der Waals surface area contributed by atoms with Crippen molar-refractivity contribution in [3.8, 4) is 5.75 Å². The standard InChI is InChI=1S/C21H35NO3/c1-8-11-25-21(7,13-15(2)3)20(23)22-18-9-10-19(17(6)12-18)24-14-16(4)5/h9-10,12,15-16H,8,11,13-14H2,1-7H3,(H,22,23)/t21-/m0/s1.